The molecule has 4 atom stereocenters. The first-order valence-electron chi connectivity index (χ1n) is 19.8. The molecule has 8 rings (SSSR count). The van der Waals surface area contributed by atoms with Crippen LogP contribution in [-0.2, 0) is 31.6 Å². The largest absolute Gasteiger partial charge is 0.453 e. The smallest absolute Gasteiger partial charge is 0.407 e. The summed E-state index contributed by atoms with van der Waals surface area (Å²) in [6.45, 7) is 7.83. The Bertz CT molecular complexity index is 2150. The minimum atomic E-state index is -3.29. The van der Waals surface area contributed by atoms with Crippen molar-refractivity contribution in [2.24, 2.45) is 11.8 Å². The van der Waals surface area contributed by atoms with Gasteiger partial charge < -0.3 is 34.6 Å². The molecule has 4 aromatic rings. The summed E-state index contributed by atoms with van der Waals surface area (Å²) in [5.74, 6) is -2.05. The normalized spacial score (nSPS) is 22.5. The number of carbonyl (C=O) groups is 3. The fraction of sp³-hybridized carbons (Fsp3) is 0.500. The molecule has 14 heteroatoms. The van der Waals surface area contributed by atoms with Gasteiger partial charge in [0.15, 0.2) is 0 Å². The summed E-state index contributed by atoms with van der Waals surface area (Å²) < 4.78 is 44.0. The number of ether oxygens (including phenoxy) is 2. The van der Waals surface area contributed by atoms with Gasteiger partial charge >= 0.3 is 6.09 Å². The molecule has 5 heterocycles. The Morgan fingerprint density at radius 1 is 0.929 bits per heavy atom. The highest BCUT2D eigenvalue weighted by Crippen LogP contribution is 2.53. The number of imidazole rings is 2. The molecule has 0 unspecified atom stereocenters. The topological polar surface area (TPSA) is 146 Å². The third-order valence-corrected chi connectivity index (χ3v) is 12.1. The number of aromatic nitrogens is 4. The first-order chi connectivity index (χ1) is 27.0. The highest BCUT2D eigenvalue weighted by atomic mass is 19.3. The van der Waals surface area contributed by atoms with Crippen LogP contribution in [0.2, 0.25) is 0 Å². The van der Waals surface area contributed by atoms with Gasteiger partial charge in [0, 0.05) is 47.9 Å². The first kappa shape index (κ1) is 37.8. The number of H-pyrrole nitrogens is 2. The van der Waals surface area contributed by atoms with Crippen molar-refractivity contribution in [3.05, 3.63) is 71.1 Å². The van der Waals surface area contributed by atoms with Crippen LogP contribution in [-0.4, -0.2) is 80.5 Å². The molecule has 2 saturated heterocycles. The highest BCUT2D eigenvalue weighted by molar-refractivity contribution is 5.87. The third-order valence-electron chi connectivity index (χ3n) is 12.1. The molecule has 4 aliphatic rings. The van der Waals surface area contributed by atoms with E-state index in [4.69, 9.17) is 14.5 Å². The molecule has 0 radical (unpaired) electrons. The number of aromatic amines is 2. The minimum Gasteiger partial charge on any atom is -0.453 e. The maximum absolute atomic E-state index is 16.6. The van der Waals surface area contributed by atoms with Crippen LogP contribution in [0.3, 0.4) is 0 Å². The summed E-state index contributed by atoms with van der Waals surface area (Å²) in [5.41, 5.74) is 3.61. The van der Waals surface area contributed by atoms with E-state index < -0.39 is 18.1 Å². The standard InChI is InChI=1S/C42H49F2N7O5/c1-23(2)24(3)39(52)50-16-7-10-34(50)37-45-21-32(46-37)25-12-14-27-28-15-13-26(20-30(28)42(43,44)29(27)19-25)36-33-22-56-18-6-5-9-31(48-41(54)55-4)40(53)51-17-8-11-35(51)38(47-33)49-36/h12-15,19-21,23-24,31,34-35H,5-11,16-18,22H2,1-4H3,(H,45,46)(H,47,49)(H,48,54)/t24-,31-,34-,35-/m0/s1. The molecule has 2 aromatic heterocycles. The number of rotatable bonds is 6. The monoisotopic (exact) mass is 769 g/mol. The maximum Gasteiger partial charge on any atom is 0.407 e. The molecule has 2 bridgehead atoms. The minimum absolute atomic E-state index is 0.0855. The second-order valence-corrected chi connectivity index (χ2v) is 15.9. The van der Waals surface area contributed by atoms with E-state index in [9.17, 15) is 14.4 Å². The Morgan fingerprint density at radius 3 is 2.39 bits per heavy atom. The van der Waals surface area contributed by atoms with Crippen molar-refractivity contribution in [1.29, 1.82) is 0 Å². The first-order valence-corrected chi connectivity index (χ1v) is 19.8. The van der Waals surface area contributed by atoms with Crippen molar-refractivity contribution in [3.8, 4) is 33.6 Å². The van der Waals surface area contributed by atoms with E-state index in [0.29, 0.717) is 96.4 Å². The van der Waals surface area contributed by atoms with E-state index in [-0.39, 0.29) is 53.5 Å². The number of benzene rings is 2. The molecule has 3 aliphatic heterocycles. The number of methoxy groups -OCH3 is 1. The van der Waals surface area contributed by atoms with E-state index in [1.165, 1.54) is 19.2 Å². The van der Waals surface area contributed by atoms with Crippen molar-refractivity contribution in [2.75, 3.05) is 26.8 Å². The predicted molar refractivity (Wildman–Crippen MR) is 204 cm³/mol. The summed E-state index contributed by atoms with van der Waals surface area (Å²) >= 11 is 0. The third kappa shape index (κ3) is 6.75. The molecule has 2 fully saturated rings. The van der Waals surface area contributed by atoms with Crippen LogP contribution < -0.4 is 5.32 Å². The van der Waals surface area contributed by atoms with Crippen LogP contribution in [0.1, 0.15) is 106 Å². The number of nitrogens with zero attached hydrogens (tertiary/aromatic N) is 4. The molecular formula is C42H49F2N7O5. The molecule has 3 amide bonds. The Morgan fingerprint density at radius 2 is 1.64 bits per heavy atom. The number of likely N-dealkylation sites (tertiary alicyclic amines) is 1. The lowest BCUT2D eigenvalue weighted by Crippen LogP contribution is -2.48. The Labute approximate surface area is 324 Å². The fourth-order valence-corrected chi connectivity index (χ4v) is 8.68. The lowest BCUT2D eigenvalue weighted by molar-refractivity contribution is -0.137. The van der Waals surface area contributed by atoms with Gasteiger partial charge in [-0.05, 0) is 74.1 Å². The van der Waals surface area contributed by atoms with Crippen molar-refractivity contribution < 1.29 is 32.6 Å². The second-order valence-electron chi connectivity index (χ2n) is 15.9. The number of hydrogen-bond donors (Lipinski definition) is 3. The van der Waals surface area contributed by atoms with Crippen molar-refractivity contribution in [3.63, 3.8) is 0 Å². The van der Waals surface area contributed by atoms with Crippen LogP contribution in [0.5, 0.6) is 0 Å². The fourth-order valence-electron chi connectivity index (χ4n) is 8.68. The van der Waals surface area contributed by atoms with Crippen LogP contribution in [0, 0.1) is 11.8 Å². The number of nitrogens with one attached hydrogen (secondary N) is 3. The maximum atomic E-state index is 16.6. The van der Waals surface area contributed by atoms with Gasteiger partial charge in [-0.25, -0.2) is 14.8 Å². The number of carbonyl (C=O) groups excluding carboxylic acids is 3. The Balaban J connectivity index is 1.07. The quantitative estimate of drug-likeness (QED) is 0.183. The van der Waals surface area contributed by atoms with Gasteiger partial charge in [0.1, 0.15) is 17.7 Å². The summed E-state index contributed by atoms with van der Waals surface area (Å²) in [4.78, 5) is 59.2. The summed E-state index contributed by atoms with van der Waals surface area (Å²) in [5, 5.41) is 2.70. The number of alkyl halides is 2. The van der Waals surface area contributed by atoms with Crippen LogP contribution in [0.15, 0.2) is 42.6 Å². The summed E-state index contributed by atoms with van der Waals surface area (Å²) in [6, 6.07) is 8.87. The van der Waals surface area contributed by atoms with Gasteiger partial charge in [0.25, 0.3) is 5.92 Å². The Kier molecular flexibility index (Phi) is 10.2. The van der Waals surface area contributed by atoms with Crippen LogP contribution in [0.4, 0.5) is 13.6 Å². The number of fused-ring (bicyclic) bond motifs is 7. The van der Waals surface area contributed by atoms with Gasteiger partial charge in [-0.2, -0.15) is 8.78 Å². The van der Waals surface area contributed by atoms with Gasteiger partial charge in [0.05, 0.1) is 49.1 Å². The lowest BCUT2D eigenvalue weighted by Gasteiger charge is -2.28. The SMILES string of the molecule is COC(=O)N[C@H]1CCCCOCc2[nH]c(nc2-c2ccc3c(c2)C(F)(F)c2cc(-c4cnc([C@@H]5CCCN5C(=O)[C@@H](C)C(C)C)[nH]4)ccc2-3)[C@@H]2CCCN2C1=O. The van der Waals surface area contributed by atoms with Crippen LogP contribution in [0.25, 0.3) is 33.6 Å². The molecule has 1 aliphatic carbocycles. The lowest BCUT2D eigenvalue weighted by atomic mass is 9.96. The zero-order chi connectivity index (χ0) is 39.3. The number of hydrogen-bond acceptors (Lipinski definition) is 7. The molecule has 12 nitrogen and oxygen atoms in total. The van der Waals surface area contributed by atoms with Gasteiger partial charge in [-0.3, -0.25) is 9.59 Å². The zero-order valence-electron chi connectivity index (χ0n) is 32.3. The van der Waals surface area contributed by atoms with E-state index in [2.05, 4.69) is 20.3 Å². The number of alkyl carbamates (subject to hydrolysis) is 1. The van der Waals surface area contributed by atoms with E-state index in [1.807, 2.05) is 37.8 Å². The number of halogens is 2. The van der Waals surface area contributed by atoms with Gasteiger partial charge in [-0.15, -0.1) is 0 Å². The summed E-state index contributed by atoms with van der Waals surface area (Å²) in [7, 11) is 1.27. The number of amides is 3. The van der Waals surface area contributed by atoms with Gasteiger partial charge in [-0.1, -0.05) is 45.0 Å². The molecule has 0 spiro atoms. The molecule has 2 aromatic carbocycles. The highest BCUT2D eigenvalue weighted by Gasteiger charge is 2.45. The van der Waals surface area contributed by atoms with Crippen molar-refractivity contribution in [1.82, 2.24) is 35.1 Å². The molecule has 296 valence electrons. The zero-order valence-corrected chi connectivity index (χ0v) is 32.3. The second kappa shape index (κ2) is 15.1. The van der Waals surface area contributed by atoms with Crippen molar-refractivity contribution >= 4 is 17.9 Å². The van der Waals surface area contributed by atoms with Gasteiger partial charge in [0.2, 0.25) is 11.8 Å². The van der Waals surface area contributed by atoms with E-state index in [1.54, 1.807) is 23.2 Å². The molecule has 0 saturated carbocycles. The Hall–Kier alpha value is -5.11. The summed E-state index contributed by atoms with van der Waals surface area (Å²) in [6.07, 6.45) is 5.85. The molecule has 56 heavy (non-hydrogen) atoms. The average molecular weight is 770 g/mol. The average Bonchev–Trinajstić information content (AvgIpc) is 4.04. The van der Waals surface area contributed by atoms with Crippen LogP contribution >= 0.6 is 0 Å². The van der Waals surface area contributed by atoms with E-state index in [0.717, 1.165) is 19.3 Å². The molecule has 3 N–H and O–H groups in total. The van der Waals surface area contributed by atoms with E-state index >= 15 is 8.78 Å². The predicted octanol–water partition coefficient (Wildman–Crippen LogP) is 7.63. The molecular weight excluding hydrogens is 721 g/mol. The van der Waals surface area contributed by atoms with Crippen molar-refractivity contribution in [2.45, 2.75) is 96.4 Å².